The van der Waals surface area contributed by atoms with Gasteiger partial charge in [-0.15, -0.1) is 0 Å². The third kappa shape index (κ3) is 4.12. The Morgan fingerprint density at radius 1 is 1.31 bits per heavy atom. The van der Waals surface area contributed by atoms with Crippen LogP contribution in [0.15, 0.2) is 24.3 Å². The number of nitrogens with one attached hydrogen (secondary N) is 1. The Hall–Kier alpha value is -0.570. The topological polar surface area (TPSA) is 15.3 Å². The zero-order valence-electron chi connectivity index (χ0n) is 10.3. The summed E-state index contributed by atoms with van der Waals surface area (Å²) >= 11 is 6.09. The van der Waals surface area contributed by atoms with Crippen molar-refractivity contribution < 1.29 is 0 Å². The smallest absolute Gasteiger partial charge is 0.0450 e. The van der Waals surface area contributed by atoms with Gasteiger partial charge >= 0.3 is 0 Å². The van der Waals surface area contributed by atoms with E-state index in [1.807, 2.05) is 18.2 Å². The van der Waals surface area contributed by atoms with Crippen molar-refractivity contribution in [3.8, 4) is 0 Å². The quantitative estimate of drug-likeness (QED) is 0.823. The summed E-state index contributed by atoms with van der Waals surface area (Å²) in [5.41, 5.74) is 1.16. The molecule has 0 heterocycles. The Morgan fingerprint density at radius 3 is 2.56 bits per heavy atom. The maximum atomic E-state index is 6.09. The Kier molecular flexibility index (Phi) is 5.81. The molecule has 0 aliphatic carbocycles. The molecule has 0 bridgehead atoms. The lowest BCUT2D eigenvalue weighted by Crippen LogP contribution is -2.37. The zero-order valence-corrected chi connectivity index (χ0v) is 11.1. The molecular formula is C13H21ClN2. The number of benzene rings is 1. The molecule has 1 unspecified atom stereocenters. The summed E-state index contributed by atoms with van der Waals surface area (Å²) < 4.78 is 0. The Morgan fingerprint density at radius 2 is 2.00 bits per heavy atom. The fourth-order valence-electron chi connectivity index (χ4n) is 1.71. The molecule has 0 aliphatic heterocycles. The molecule has 1 aromatic carbocycles. The van der Waals surface area contributed by atoms with Crippen LogP contribution in [0.1, 0.15) is 18.9 Å². The molecule has 0 saturated carbocycles. The van der Waals surface area contributed by atoms with Gasteiger partial charge in [-0.25, -0.2) is 0 Å². The molecule has 1 aromatic rings. The molecule has 1 rings (SSSR count). The van der Waals surface area contributed by atoms with Gasteiger partial charge in [0.05, 0.1) is 0 Å². The second-order valence-corrected chi connectivity index (χ2v) is 4.66. The first kappa shape index (κ1) is 13.5. The predicted molar refractivity (Wildman–Crippen MR) is 70.9 cm³/mol. The molecule has 1 N–H and O–H groups in total. The van der Waals surface area contributed by atoms with Crippen LogP contribution in [0.3, 0.4) is 0 Å². The van der Waals surface area contributed by atoms with Crippen molar-refractivity contribution in [3.05, 3.63) is 34.9 Å². The Balaban J connectivity index is 2.38. The lowest BCUT2D eigenvalue weighted by Gasteiger charge is -2.23. The predicted octanol–water partition coefficient (Wildman–Crippen LogP) is 2.77. The third-order valence-electron chi connectivity index (χ3n) is 2.85. The molecule has 0 fully saturated rings. The van der Waals surface area contributed by atoms with Crippen molar-refractivity contribution in [2.45, 2.75) is 25.9 Å². The van der Waals surface area contributed by atoms with Crippen LogP contribution >= 0.6 is 11.6 Å². The lowest BCUT2D eigenvalue weighted by molar-refractivity contribution is 0.276. The molecule has 0 spiro atoms. The molecule has 0 radical (unpaired) electrons. The number of rotatable bonds is 6. The number of hydrogen-bond acceptors (Lipinski definition) is 2. The van der Waals surface area contributed by atoms with Gasteiger partial charge in [-0.2, -0.15) is 0 Å². The molecule has 0 saturated heterocycles. The summed E-state index contributed by atoms with van der Waals surface area (Å²) in [4.78, 5) is 2.25. The van der Waals surface area contributed by atoms with Crippen molar-refractivity contribution in [1.82, 2.24) is 10.2 Å². The fraction of sp³-hybridized carbons (Fsp3) is 0.538. The molecule has 1 atom stereocenters. The normalized spacial score (nSPS) is 13.1. The van der Waals surface area contributed by atoms with E-state index in [1.165, 1.54) is 0 Å². The van der Waals surface area contributed by atoms with Gasteiger partial charge in [0.25, 0.3) is 0 Å². The SMILES string of the molecule is CCC(CNCc1ccccc1Cl)N(C)C. The molecule has 0 aromatic heterocycles. The highest BCUT2D eigenvalue weighted by Crippen LogP contribution is 2.14. The van der Waals surface area contributed by atoms with E-state index >= 15 is 0 Å². The minimum atomic E-state index is 0.586. The first-order valence-corrected chi connectivity index (χ1v) is 6.13. The van der Waals surface area contributed by atoms with Gasteiger partial charge in [0.1, 0.15) is 0 Å². The first-order chi connectivity index (χ1) is 7.65. The monoisotopic (exact) mass is 240 g/mol. The highest BCUT2D eigenvalue weighted by atomic mass is 35.5. The van der Waals surface area contributed by atoms with Crippen LogP contribution in [0.2, 0.25) is 5.02 Å². The molecule has 16 heavy (non-hydrogen) atoms. The largest absolute Gasteiger partial charge is 0.311 e. The summed E-state index contributed by atoms with van der Waals surface area (Å²) in [7, 11) is 4.23. The molecule has 2 nitrogen and oxygen atoms in total. The van der Waals surface area contributed by atoms with E-state index in [0.29, 0.717) is 6.04 Å². The van der Waals surface area contributed by atoms with Crippen molar-refractivity contribution in [2.24, 2.45) is 0 Å². The van der Waals surface area contributed by atoms with E-state index in [2.05, 4.69) is 37.3 Å². The number of halogens is 1. The first-order valence-electron chi connectivity index (χ1n) is 5.75. The van der Waals surface area contributed by atoms with Crippen molar-refractivity contribution in [2.75, 3.05) is 20.6 Å². The van der Waals surface area contributed by atoms with Gasteiger partial charge in [0, 0.05) is 24.2 Å². The molecular weight excluding hydrogens is 220 g/mol. The van der Waals surface area contributed by atoms with Crippen LogP contribution in [-0.2, 0) is 6.54 Å². The van der Waals surface area contributed by atoms with E-state index in [9.17, 15) is 0 Å². The average molecular weight is 241 g/mol. The minimum Gasteiger partial charge on any atom is -0.311 e. The van der Waals surface area contributed by atoms with Crippen molar-refractivity contribution >= 4 is 11.6 Å². The molecule has 3 heteroatoms. The van der Waals surface area contributed by atoms with E-state index in [1.54, 1.807) is 0 Å². The maximum Gasteiger partial charge on any atom is 0.0450 e. The Labute approximate surface area is 104 Å². The van der Waals surface area contributed by atoms with Gasteiger partial charge in [-0.05, 0) is 32.1 Å². The standard InChI is InChI=1S/C13H21ClN2/c1-4-12(16(2)3)10-15-9-11-7-5-6-8-13(11)14/h5-8,12,15H,4,9-10H2,1-3H3. The molecule has 0 amide bonds. The van der Waals surface area contributed by atoms with Crippen LogP contribution in [0, 0.1) is 0 Å². The average Bonchev–Trinajstić information content (AvgIpc) is 2.26. The third-order valence-corrected chi connectivity index (χ3v) is 3.22. The van der Waals surface area contributed by atoms with Crippen LogP contribution in [-0.4, -0.2) is 31.6 Å². The summed E-state index contributed by atoms with van der Waals surface area (Å²) in [6, 6.07) is 8.56. The maximum absolute atomic E-state index is 6.09. The Bertz CT molecular complexity index is 313. The van der Waals surface area contributed by atoms with Gasteiger partial charge in [0.2, 0.25) is 0 Å². The number of nitrogens with zero attached hydrogens (tertiary/aromatic N) is 1. The van der Waals surface area contributed by atoms with Gasteiger partial charge < -0.3 is 10.2 Å². The summed E-state index contributed by atoms with van der Waals surface area (Å²) in [5.74, 6) is 0. The highest BCUT2D eigenvalue weighted by Gasteiger charge is 2.07. The van der Waals surface area contributed by atoms with Crippen LogP contribution in [0.4, 0.5) is 0 Å². The second-order valence-electron chi connectivity index (χ2n) is 4.25. The van der Waals surface area contributed by atoms with E-state index in [-0.39, 0.29) is 0 Å². The number of likely N-dealkylation sites (N-methyl/N-ethyl adjacent to an activating group) is 1. The minimum absolute atomic E-state index is 0.586. The van der Waals surface area contributed by atoms with Crippen LogP contribution in [0.25, 0.3) is 0 Å². The highest BCUT2D eigenvalue weighted by molar-refractivity contribution is 6.31. The van der Waals surface area contributed by atoms with E-state index in [0.717, 1.165) is 30.1 Å². The summed E-state index contributed by atoms with van der Waals surface area (Å²) in [6.07, 6.45) is 1.16. The fourth-order valence-corrected chi connectivity index (χ4v) is 1.91. The van der Waals surface area contributed by atoms with Crippen LogP contribution < -0.4 is 5.32 Å². The van der Waals surface area contributed by atoms with Crippen molar-refractivity contribution in [3.63, 3.8) is 0 Å². The molecule has 90 valence electrons. The summed E-state index contributed by atoms with van der Waals surface area (Å²) in [5, 5.41) is 4.29. The van der Waals surface area contributed by atoms with Crippen LogP contribution in [0.5, 0.6) is 0 Å². The number of hydrogen-bond donors (Lipinski definition) is 1. The summed E-state index contributed by atoms with van der Waals surface area (Å²) in [6.45, 7) is 4.04. The lowest BCUT2D eigenvalue weighted by atomic mass is 10.2. The van der Waals surface area contributed by atoms with E-state index in [4.69, 9.17) is 11.6 Å². The zero-order chi connectivity index (χ0) is 12.0. The van der Waals surface area contributed by atoms with E-state index < -0.39 is 0 Å². The van der Waals surface area contributed by atoms with Gasteiger partial charge in [0.15, 0.2) is 0 Å². The van der Waals surface area contributed by atoms with Crippen molar-refractivity contribution in [1.29, 1.82) is 0 Å². The molecule has 0 aliphatic rings. The van der Waals surface area contributed by atoms with Gasteiger partial charge in [-0.3, -0.25) is 0 Å². The van der Waals surface area contributed by atoms with Gasteiger partial charge in [-0.1, -0.05) is 36.7 Å². The second kappa shape index (κ2) is 6.89.